The monoisotopic (exact) mass is 359 g/mol. The van der Waals surface area contributed by atoms with Gasteiger partial charge in [-0.25, -0.2) is 9.55 Å². The highest BCUT2D eigenvalue weighted by Gasteiger charge is 2.18. The van der Waals surface area contributed by atoms with Crippen molar-refractivity contribution < 1.29 is 14.5 Å². The van der Waals surface area contributed by atoms with Crippen molar-refractivity contribution in [3.05, 3.63) is 22.1 Å². The van der Waals surface area contributed by atoms with Crippen LogP contribution in [0, 0.1) is 17.0 Å². The van der Waals surface area contributed by atoms with Crippen LogP contribution in [0.2, 0.25) is 0 Å². The van der Waals surface area contributed by atoms with Gasteiger partial charge in [0, 0.05) is 24.3 Å². The predicted octanol–water partition coefficient (Wildman–Crippen LogP) is 3.36. The van der Waals surface area contributed by atoms with Crippen LogP contribution < -0.4 is 0 Å². The number of aryl methyl sites for hydroxylation is 1. The van der Waals surface area contributed by atoms with Gasteiger partial charge >= 0.3 is 11.8 Å². The normalized spacial score (nSPS) is 17.3. The molecule has 0 bridgehead atoms. The van der Waals surface area contributed by atoms with Gasteiger partial charge in [0.1, 0.15) is 19.3 Å². The molecule has 0 spiro atoms. The number of hydrogen-bond acceptors (Lipinski definition) is 7. The first-order valence-electron chi connectivity index (χ1n) is 7.68. The molecule has 1 saturated heterocycles. The van der Waals surface area contributed by atoms with Crippen LogP contribution in [-0.4, -0.2) is 38.1 Å². The van der Waals surface area contributed by atoms with Crippen LogP contribution in [0.1, 0.15) is 37.9 Å². The number of hydrogen-bond donors (Lipinski definition) is 0. The van der Waals surface area contributed by atoms with Gasteiger partial charge in [-0.2, -0.15) is 0 Å². The Bertz CT molecular complexity index is 544. The summed E-state index contributed by atoms with van der Waals surface area (Å²) in [4.78, 5) is 26.0. The molecule has 1 atom stereocenters. The third-order valence-electron chi connectivity index (χ3n) is 3.68. The van der Waals surface area contributed by atoms with E-state index in [4.69, 9.17) is 4.74 Å². The Morgan fingerprint density at radius 2 is 2.39 bits per heavy atom. The lowest BCUT2D eigenvalue weighted by molar-refractivity contribution is -0.392. The highest BCUT2D eigenvalue weighted by atomic mass is 33.1. The number of nitro groups is 1. The minimum absolute atomic E-state index is 0.0783. The van der Waals surface area contributed by atoms with Crippen LogP contribution >= 0.6 is 21.6 Å². The number of esters is 1. The molecule has 2 heterocycles. The molecule has 128 valence electrons. The van der Waals surface area contributed by atoms with Crippen molar-refractivity contribution in [2.45, 2.75) is 50.8 Å². The number of aromatic nitrogens is 2. The van der Waals surface area contributed by atoms with Crippen LogP contribution in [0.25, 0.3) is 0 Å². The molecule has 23 heavy (non-hydrogen) atoms. The summed E-state index contributed by atoms with van der Waals surface area (Å²) in [5.74, 6) is 1.46. The van der Waals surface area contributed by atoms with E-state index in [1.165, 1.54) is 22.9 Å². The Labute approximate surface area is 143 Å². The third-order valence-corrected chi connectivity index (χ3v) is 6.69. The van der Waals surface area contributed by atoms with Crippen LogP contribution in [0.4, 0.5) is 5.82 Å². The molecule has 0 radical (unpaired) electrons. The fourth-order valence-corrected chi connectivity index (χ4v) is 5.43. The first kappa shape index (κ1) is 18.1. The molecular weight excluding hydrogens is 338 g/mol. The molecule has 1 aromatic heterocycles. The van der Waals surface area contributed by atoms with E-state index in [9.17, 15) is 14.9 Å². The maximum absolute atomic E-state index is 11.7. The van der Waals surface area contributed by atoms with Crippen LogP contribution in [-0.2, 0) is 16.1 Å². The summed E-state index contributed by atoms with van der Waals surface area (Å²) in [5.41, 5.74) is 0. The van der Waals surface area contributed by atoms with Gasteiger partial charge in [0.2, 0.25) is 0 Å². The van der Waals surface area contributed by atoms with Crippen molar-refractivity contribution in [2.75, 3.05) is 12.4 Å². The Morgan fingerprint density at radius 3 is 3.09 bits per heavy atom. The molecule has 0 aliphatic carbocycles. The molecule has 0 amide bonds. The average molecular weight is 359 g/mol. The number of unbranched alkanes of at least 4 members (excludes halogenated alkanes) is 1. The van der Waals surface area contributed by atoms with E-state index in [1.807, 2.05) is 21.6 Å². The summed E-state index contributed by atoms with van der Waals surface area (Å²) in [6.07, 6.45) is 5.93. The second-order valence-electron chi connectivity index (χ2n) is 5.37. The van der Waals surface area contributed by atoms with E-state index in [0.29, 0.717) is 12.2 Å². The summed E-state index contributed by atoms with van der Waals surface area (Å²) in [7, 11) is 3.89. The van der Waals surface area contributed by atoms with Crippen molar-refractivity contribution in [1.29, 1.82) is 0 Å². The highest BCUT2D eigenvalue weighted by Crippen LogP contribution is 2.39. The first-order valence-corrected chi connectivity index (χ1v) is 10.1. The summed E-state index contributed by atoms with van der Waals surface area (Å²) in [6.45, 7) is 2.07. The van der Waals surface area contributed by atoms with Crippen LogP contribution in [0.3, 0.4) is 0 Å². The molecule has 0 aromatic carbocycles. The van der Waals surface area contributed by atoms with Crippen molar-refractivity contribution in [3.63, 3.8) is 0 Å². The molecule has 1 fully saturated rings. The maximum atomic E-state index is 11.7. The van der Waals surface area contributed by atoms with Gasteiger partial charge in [-0.1, -0.05) is 28.0 Å². The van der Waals surface area contributed by atoms with Gasteiger partial charge in [0.15, 0.2) is 5.82 Å². The van der Waals surface area contributed by atoms with Crippen molar-refractivity contribution in [3.8, 4) is 0 Å². The Balaban J connectivity index is 1.61. The molecule has 9 heteroatoms. The molecule has 0 saturated carbocycles. The maximum Gasteiger partial charge on any atom is 0.342 e. The molecule has 1 aliphatic rings. The lowest BCUT2D eigenvalue weighted by atomic mass is 10.1. The number of carbonyl (C=O) groups excluding carboxylic acids is 1. The number of nitrogens with zero attached hydrogens (tertiary/aromatic N) is 3. The van der Waals surface area contributed by atoms with E-state index in [0.717, 1.165) is 24.5 Å². The summed E-state index contributed by atoms with van der Waals surface area (Å²) in [6, 6.07) is 0. The lowest BCUT2D eigenvalue weighted by Gasteiger charge is -2.07. The van der Waals surface area contributed by atoms with E-state index < -0.39 is 4.92 Å². The van der Waals surface area contributed by atoms with Crippen LogP contribution in [0.5, 0.6) is 0 Å². The fraction of sp³-hybridized carbons (Fsp3) is 0.714. The number of carbonyl (C=O) groups is 1. The molecule has 7 nitrogen and oxygen atoms in total. The zero-order valence-electron chi connectivity index (χ0n) is 13.1. The molecule has 2 rings (SSSR count). The number of ether oxygens (including phenoxy) is 1. The van der Waals surface area contributed by atoms with Gasteiger partial charge in [0.05, 0.1) is 0 Å². The van der Waals surface area contributed by atoms with Gasteiger partial charge in [-0.15, -0.1) is 0 Å². The van der Waals surface area contributed by atoms with E-state index in [2.05, 4.69) is 4.98 Å². The largest absolute Gasteiger partial charge is 0.461 e. The molecule has 1 unspecified atom stereocenters. The Morgan fingerprint density at radius 1 is 1.57 bits per heavy atom. The van der Waals surface area contributed by atoms with Gasteiger partial charge in [-0.3, -0.25) is 4.79 Å². The molecule has 1 aromatic rings. The number of rotatable bonds is 9. The second-order valence-corrected chi connectivity index (χ2v) is 8.16. The molecule has 0 N–H and O–H groups in total. The predicted molar refractivity (Wildman–Crippen MR) is 91.5 cm³/mol. The lowest BCUT2D eigenvalue weighted by Crippen LogP contribution is -2.13. The van der Waals surface area contributed by atoms with Crippen LogP contribution in [0.15, 0.2) is 6.20 Å². The zero-order chi connectivity index (χ0) is 16.7. The van der Waals surface area contributed by atoms with Gasteiger partial charge in [0.25, 0.3) is 0 Å². The second kappa shape index (κ2) is 9.17. The Kier molecular flexibility index (Phi) is 7.22. The minimum atomic E-state index is -0.485. The topological polar surface area (TPSA) is 87.3 Å². The molecular formula is C14H21N3O4S2. The zero-order valence-corrected chi connectivity index (χ0v) is 14.7. The molecule has 1 aliphatic heterocycles. The Hall–Kier alpha value is -1.22. The summed E-state index contributed by atoms with van der Waals surface area (Å²) in [5, 5.41) is 11.6. The van der Waals surface area contributed by atoms with Crippen molar-refractivity contribution in [2.24, 2.45) is 0 Å². The summed E-state index contributed by atoms with van der Waals surface area (Å²) < 4.78 is 6.60. The van der Waals surface area contributed by atoms with E-state index in [1.54, 1.807) is 6.92 Å². The van der Waals surface area contributed by atoms with Crippen molar-refractivity contribution in [1.82, 2.24) is 9.55 Å². The quantitative estimate of drug-likeness (QED) is 0.220. The SMILES string of the molecule is Cc1ncc([N+](=O)[O-])n1CCOC(=O)CCCCC1CCSS1. The van der Waals surface area contributed by atoms with Gasteiger partial charge < -0.3 is 14.9 Å². The first-order chi connectivity index (χ1) is 11.1. The van der Waals surface area contributed by atoms with Gasteiger partial charge in [-0.05, 0) is 24.2 Å². The van der Waals surface area contributed by atoms with E-state index in [-0.39, 0.29) is 24.9 Å². The summed E-state index contributed by atoms with van der Waals surface area (Å²) >= 11 is 0. The smallest absolute Gasteiger partial charge is 0.342 e. The fourth-order valence-electron chi connectivity index (χ4n) is 2.41. The van der Waals surface area contributed by atoms with Crippen molar-refractivity contribution >= 4 is 33.4 Å². The minimum Gasteiger partial charge on any atom is -0.461 e. The number of imidazole rings is 1. The van der Waals surface area contributed by atoms with E-state index >= 15 is 0 Å². The average Bonchev–Trinajstić information content (AvgIpc) is 3.14. The standard InChI is InChI=1S/C14H21N3O4S2/c1-11-15-10-13(17(19)20)16(11)7-8-21-14(18)5-3-2-4-12-6-9-22-23-12/h10,12H,2-9H2,1H3. The third kappa shape index (κ3) is 5.72. The highest BCUT2D eigenvalue weighted by molar-refractivity contribution is 8.77.